The summed E-state index contributed by atoms with van der Waals surface area (Å²) in [6.45, 7) is 3.13. The number of Topliss-reactive ketones (excluding diaryl/α,β-unsaturated/α-hetero) is 1. The number of nitrogens with zero attached hydrogens (tertiary/aromatic N) is 1. The van der Waals surface area contributed by atoms with Gasteiger partial charge >= 0.3 is 0 Å². The van der Waals surface area contributed by atoms with Crippen molar-refractivity contribution in [3.05, 3.63) is 90.0 Å². The number of hydrogen-bond acceptors (Lipinski definition) is 5. The van der Waals surface area contributed by atoms with E-state index in [2.05, 4.69) is 29.7 Å². The molecule has 0 radical (unpaired) electrons. The zero-order valence-corrected chi connectivity index (χ0v) is 19.6. The Morgan fingerprint density at radius 2 is 1.45 bits per heavy atom. The lowest BCUT2D eigenvalue weighted by Gasteiger charge is -2.18. The zero-order chi connectivity index (χ0) is 24.0. The average Bonchev–Trinajstić information content (AvgIpc) is 2.80. The Hall–Kier alpha value is -3.49. The van der Waals surface area contributed by atoms with E-state index in [1.54, 1.807) is 12.1 Å². The number of benzene rings is 3. The molecule has 0 saturated heterocycles. The summed E-state index contributed by atoms with van der Waals surface area (Å²) in [5.74, 6) is -0.609. The first-order valence-electron chi connectivity index (χ1n) is 10.5. The second-order valence-electron chi connectivity index (χ2n) is 7.74. The van der Waals surface area contributed by atoms with E-state index >= 15 is 0 Å². The first-order valence-corrected chi connectivity index (χ1v) is 11.9. The summed E-state index contributed by atoms with van der Waals surface area (Å²) < 4.78 is 26.4. The number of nitrogens with one attached hydrogen (secondary N) is 2. The van der Waals surface area contributed by atoms with E-state index in [1.807, 2.05) is 30.3 Å². The van der Waals surface area contributed by atoms with Crippen molar-refractivity contribution in [2.75, 3.05) is 24.2 Å². The maximum absolute atomic E-state index is 12.7. The van der Waals surface area contributed by atoms with Crippen LogP contribution in [0, 0.1) is 0 Å². The molecule has 172 valence electrons. The van der Waals surface area contributed by atoms with Crippen molar-refractivity contribution >= 4 is 33.1 Å². The molecule has 0 heterocycles. The molecular formula is C25H27N3O4S. The van der Waals surface area contributed by atoms with Gasteiger partial charge in [-0.15, -0.1) is 0 Å². The summed E-state index contributed by atoms with van der Waals surface area (Å²) in [5, 5.41) is 6.11. The molecule has 1 atom stereocenters. The van der Waals surface area contributed by atoms with Crippen molar-refractivity contribution < 1.29 is 18.0 Å². The summed E-state index contributed by atoms with van der Waals surface area (Å²) in [7, 11) is -2.53. The Bertz CT molecular complexity index is 1210. The normalized spacial score (nSPS) is 12.2. The molecule has 0 aromatic heterocycles. The average molecular weight is 466 g/mol. The summed E-state index contributed by atoms with van der Waals surface area (Å²) in [6.07, 6.45) is 0. The van der Waals surface area contributed by atoms with Gasteiger partial charge in [-0.25, -0.2) is 8.42 Å². The van der Waals surface area contributed by atoms with Crippen LogP contribution < -0.4 is 10.6 Å². The number of likely N-dealkylation sites (N-methyl/N-ethyl adjacent to an activating group) is 1. The number of rotatable bonds is 9. The van der Waals surface area contributed by atoms with E-state index in [0.717, 1.165) is 15.6 Å². The van der Waals surface area contributed by atoms with Crippen LogP contribution in [0.5, 0.6) is 0 Å². The van der Waals surface area contributed by atoms with Crippen LogP contribution in [0.1, 0.15) is 35.8 Å². The minimum Gasteiger partial charge on any atom is -0.379 e. The highest BCUT2D eigenvalue weighted by Gasteiger charge is 2.23. The highest BCUT2D eigenvalue weighted by molar-refractivity contribution is 7.89. The number of carbonyl (C=O) groups is 2. The van der Waals surface area contributed by atoms with Crippen molar-refractivity contribution in [3.8, 4) is 0 Å². The first kappa shape index (κ1) is 24.2. The van der Waals surface area contributed by atoms with Crippen LogP contribution in [0.4, 0.5) is 11.4 Å². The summed E-state index contributed by atoms with van der Waals surface area (Å²) >= 11 is 0. The Labute approximate surface area is 194 Å². The number of anilines is 2. The molecule has 8 heteroatoms. The summed E-state index contributed by atoms with van der Waals surface area (Å²) in [4.78, 5) is 23.8. The predicted octanol–water partition coefficient (Wildman–Crippen LogP) is 4.32. The molecule has 0 spiro atoms. The van der Waals surface area contributed by atoms with E-state index in [-0.39, 0.29) is 23.3 Å². The second-order valence-corrected chi connectivity index (χ2v) is 9.79. The van der Waals surface area contributed by atoms with Gasteiger partial charge in [-0.3, -0.25) is 9.59 Å². The first-order chi connectivity index (χ1) is 15.7. The van der Waals surface area contributed by atoms with Gasteiger partial charge in [0, 0.05) is 30.0 Å². The van der Waals surface area contributed by atoms with Crippen molar-refractivity contribution in [3.63, 3.8) is 0 Å². The molecule has 3 aromatic rings. The van der Waals surface area contributed by atoms with E-state index in [1.165, 1.54) is 38.2 Å². The molecule has 0 aliphatic carbocycles. The number of ketones is 1. The number of hydrogen-bond donors (Lipinski definition) is 2. The van der Waals surface area contributed by atoms with Crippen LogP contribution in [0.25, 0.3) is 0 Å². The minimum absolute atomic E-state index is 0.0192. The molecule has 33 heavy (non-hydrogen) atoms. The lowest BCUT2D eigenvalue weighted by molar-refractivity contribution is -0.116. The van der Waals surface area contributed by atoms with Gasteiger partial charge in [-0.1, -0.05) is 42.5 Å². The molecule has 0 fully saturated rings. The van der Waals surface area contributed by atoms with Crippen LogP contribution in [0.3, 0.4) is 0 Å². The van der Waals surface area contributed by atoms with Crippen molar-refractivity contribution in [1.29, 1.82) is 0 Å². The van der Waals surface area contributed by atoms with Crippen LogP contribution in [0.15, 0.2) is 83.8 Å². The fourth-order valence-electron chi connectivity index (χ4n) is 3.25. The number of amides is 1. The van der Waals surface area contributed by atoms with E-state index < -0.39 is 15.9 Å². The highest BCUT2D eigenvalue weighted by Crippen LogP contribution is 2.21. The van der Waals surface area contributed by atoms with E-state index in [0.29, 0.717) is 11.3 Å². The molecule has 7 nitrogen and oxygen atoms in total. The molecule has 3 rings (SSSR count). The summed E-state index contributed by atoms with van der Waals surface area (Å²) in [5.41, 5.74) is 3.05. The van der Waals surface area contributed by atoms with Gasteiger partial charge in [0.05, 0.1) is 11.4 Å². The smallest absolute Gasteiger partial charge is 0.243 e. The molecule has 1 amide bonds. The SMILES string of the molecule is CC(=O)c1ccc(S(=O)(=O)N(C)CC(=O)Nc2ccc(NC(C)c3ccccc3)cc2)cc1. The largest absolute Gasteiger partial charge is 0.379 e. The van der Waals surface area contributed by atoms with Gasteiger partial charge in [0.2, 0.25) is 15.9 Å². The maximum atomic E-state index is 12.7. The third kappa shape index (κ3) is 6.27. The molecule has 0 saturated carbocycles. The van der Waals surface area contributed by atoms with Crippen LogP contribution in [-0.4, -0.2) is 38.0 Å². The third-order valence-corrected chi connectivity index (χ3v) is 7.00. The monoisotopic (exact) mass is 465 g/mol. The van der Waals surface area contributed by atoms with Crippen molar-refractivity contribution in [1.82, 2.24) is 4.31 Å². The minimum atomic E-state index is -3.86. The molecule has 3 aromatic carbocycles. The van der Waals surface area contributed by atoms with Gasteiger partial charge in [-0.2, -0.15) is 4.31 Å². The number of carbonyl (C=O) groups excluding carboxylic acids is 2. The van der Waals surface area contributed by atoms with Gasteiger partial charge in [-0.05, 0) is 55.8 Å². The van der Waals surface area contributed by atoms with Gasteiger partial charge in [0.15, 0.2) is 5.78 Å². The molecule has 0 aliphatic heterocycles. The van der Waals surface area contributed by atoms with Crippen LogP contribution in [-0.2, 0) is 14.8 Å². The maximum Gasteiger partial charge on any atom is 0.243 e. The van der Waals surface area contributed by atoms with Gasteiger partial charge in [0.25, 0.3) is 0 Å². The standard InChI is InChI=1S/C25H27N3O4S/c1-18(20-7-5-4-6-8-20)26-22-11-13-23(14-12-22)27-25(30)17-28(3)33(31,32)24-15-9-21(10-16-24)19(2)29/h4-16,18,26H,17H2,1-3H3,(H,27,30). The van der Waals surface area contributed by atoms with Crippen molar-refractivity contribution in [2.24, 2.45) is 0 Å². The molecule has 0 aliphatic rings. The quantitative estimate of drug-likeness (QED) is 0.459. The van der Waals surface area contributed by atoms with Gasteiger partial charge in [0.1, 0.15) is 0 Å². The van der Waals surface area contributed by atoms with Crippen molar-refractivity contribution in [2.45, 2.75) is 24.8 Å². The van der Waals surface area contributed by atoms with Crippen LogP contribution >= 0.6 is 0 Å². The lowest BCUT2D eigenvalue weighted by Crippen LogP contribution is -2.35. The molecule has 1 unspecified atom stereocenters. The predicted molar refractivity (Wildman–Crippen MR) is 130 cm³/mol. The molecular weight excluding hydrogens is 438 g/mol. The van der Waals surface area contributed by atoms with Gasteiger partial charge < -0.3 is 10.6 Å². The fraction of sp³-hybridized carbons (Fsp3) is 0.200. The Morgan fingerprint density at radius 3 is 2.03 bits per heavy atom. The summed E-state index contributed by atoms with van der Waals surface area (Å²) in [6, 6.07) is 23.0. The molecule has 0 bridgehead atoms. The van der Waals surface area contributed by atoms with Crippen LogP contribution in [0.2, 0.25) is 0 Å². The highest BCUT2D eigenvalue weighted by atomic mass is 32.2. The Kier molecular flexibility index (Phi) is 7.63. The second kappa shape index (κ2) is 10.4. The fourth-order valence-corrected chi connectivity index (χ4v) is 4.38. The Balaban J connectivity index is 1.58. The van der Waals surface area contributed by atoms with E-state index in [9.17, 15) is 18.0 Å². The third-order valence-electron chi connectivity index (χ3n) is 5.19. The molecule has 2 N–H and O–H groups in total. The number of sulfonamides is 1. The van der Waals surface area contributed by atoms with E-state index in [4.69, 9.17) is 0 Å². The topological polar surface area (TPSA) is 95.6 Å². The lowest BCUT2D eigenvalue weighted by atomic mass is 10.1. The Morgan fingerprint density at radius 1 is 0.879 bits per heavy atom. The zero-order valence-electron chi connectivity index (χ0n) is 18.8.